The number of carbonyl (C=O) groups is 15. The summed E-state index contributed by atoms with van der Waals surface area (Å²) in [5, 5.41) is 26.1. The molecule has 3 rings (SSSR count). The summed E-state index contributed by atoms with van der Waals surface area (Å²) in [4.78, 5) is 188. The van der Waals surface area contributed by atoms with Crippen LogP contribution in [0.3, 0.4) is 0 Å². The van der Waals surface area contributed by atoms with Crippen molar-refractivity contribution in [3.05, 3.63) is 0 Å². The molecule has 3 heterocycles. The Morgan fingerprint density at radius 3 is 0.910 bits per heavy atom. The van der Waals surface area contributed by atoms with Gasteiger partial charge in [0.2, 0.25) is 35.4 Å². The summed E-state index contributed by atoms with van der Waals surface area (Å²) in [5.74, 6) is -5.93. The van der Waals surface area contributed by atoms with Gasteiger partial charge in [0.05, 0.1) is 37.3 Å². The molecule has 3 saturated heterocycles. The van der Waals surface area contributed by atoms with Gasteiger partial charge in [0.1, 0.15) is 37.2 Å². The van der Waals surface area contributed by atoms with Crippen LogP contribution in [0.5, 0.6) is 0 Å². The van der Waals surface area contributed by atoms with Crippen LogP contribution >= 0.6 is 0 Å². The zero-order valence-corrected chi connectivity index (χ0v) is 65.9. The first-order valence-electron chi connectivity index (χ1n) is 38.5. The third kappa shape index (κ3) is 38.5. The van der Waals surface area contributed by atoms with Crippen molar-refractivity contribution in [1.29, 1.82) is 0 Å². The third-order valence-electron chi connectivity index (χ3n) is 18.1. The van der Waals surface area contributed by atoms with E-state index in [9.17, 15) is 71.9 Å². The molecule has 38 heteroatoms. The van der Waals surface area contributed by atoms with E-state index in [1.807, 2.05) is 0 Å². The molecule has 38 nitrogen and oxygen atoms in total. The monoisotopic (exact) mass is 1590 g/mol. The Morgan fingerprint density at radius 1 is 0.360 bits per heavy atom. The van der Waals surface area contributed by atoms with Crippen LogP contribution in [0.15, 0.2) is 0 Å². The summed E-state index contributed by atoms with van der Waals surface area (Å²) in [6, 6.07) is -3.21. The van der Waals surface area contributed by atoms with E-state index < -0.39 is 152 Å². The van der Waals surface area contributed by atoms with Gasteiger partial charge in [0.15, 0.2) is 55.5 Å². The number of likely N-dealkylation sites (N-methyl/N-ethyl adjacent to an activating group) is 3. The van der Waals surface area contributed by atoms with Crippen LogP contribution in [-0.4, -0.2) is 293 Å². The van der Waals surface area contributed by atoms with Crippen molar-refractivity contribution in [2.45, 2.75) is 274 Å². The fourth-order valence-corrected chi connectivity index (χ4v) is 12.9. The van der Waals surface area contributed by atoms with Gasteiger partial charge in [-0.05, 0) is 98.3 Å². The lowest BCUT2D eigenvalue weighted by atomic mass is 9.94. The smallest absolute Gasteiger partial charge is 0.303 e. The molecular weight excluding hydrogens is 1460 g/mol. The number of unbranched alkanes of at least 4 members (excludes halogenated alkanes) is 7. The van der Waals surface area contributed by atoms with E-state index in [1.54, 1.807) is 21.1 Å². The van der Waals surface area contributed by atoms with Crippen molar-refractivity contribution in [2.75, 3.05) is 99.9 Å². The molecule has 0 aromatic rings. The average molecular weight is 1590 g/mol. The van der Waals surface area contributed by atoms with Crippen LogP contribution < -0.4 is 53.6 Å². The minimum Gasteiger partial charge on any atom is -0.457 e. The van der Waals surface area contributed by atoms with E-state index in [1.165, 1.54) is 46.4 Å². The number of aldehydes is 3. The molecule has 16 unspecified atom stereocenters. The molecule has 632 valence electrons. The second-order valence-corrected chi connectivity index (χ2v) is 27.1. The second-order valence-electron chi connectivity index (χ2n) is 27.1. The fraction of sp³-hybridized carbons (Fsp3) is 0.795. The minimum atomic E-state index is -1.06. The van der Waals surface area contributed by atoms with Crippen molar-refractivity contribution in [1.82, 2.24) is 52.8 Å². The van der Waals surface area contributed by atoms with E-state index in [4.69, 9.17) is 62.6 Å². The minimum absolute atomic E-state index is 0.140. The van der Waals surface area contributed by atoms with Gasteiger partial charge in [0.25, 0.3) is 0 Å². The molecule has 0 saturated carbocycles. The first kappa shape index (κ1) is 97.4. The topological polar surface area (TPSA) is 504 Å². The SMILES string of the molecule is CNC1C(OCCCCCC(=O)NCCCNC(=O)CN(CC(=O)NCCCNC(=O)CCCCCOC2OC(CC=O)C(OC(C)=O)C(OC(C)=O)C2NC)C(CCCCN)C(=O)NCCCNC(=O)CCCCCOC2OC(CC=O)C(OC(C)=O)C(OC(C)=O)C2NC)OC(CC=O)C(OC(C)=O)C1OC(C)=O. The maximum absolute atomic E-state index is 14.1. The van der Waals surface area contributed by atoms with Gasteiger partial charge in [-0.2, -0.15) is 0 Å². The molecule has 11 N–H and O–H groups in total. The van der Waals surface area contributed by atoms with Gasteiger partial charge in [0, 0.05) is 139 Å². The van der Waals surface area contributed by atoms with Crippen LogP contribution in [0.1, 0.15) is 176 Å². The molecule has 0 spiro atoms. The van der Waals surface area contributed by atoms with Crippen molar-refractivity contribution < 1.29 is 129 Å². The molecule has 0 radical (unpaired) electrons. The first-order chi connectivity index (χ1) is 53.2. The van der Waals surface area contributed by atoms with E-state index in [-0.39, 0.29) is 135 Å². The normalized spacial score (nSPS) is 23.8. The molecule has 0 aromatic carbocycles. The summed E-state index contributed by atoms with van der Waals surface area (Å²) in [5.41, 5.74) is 5.86. The molecule has 3 aliphatic rings. The molecule has 0 aromatic heterocycles. The van der Waals surface area contributed by atoms with E-state index in [0.29, 0.717) is 115 Å². The Labute approximate surface area is 649 Å². The lowest BCUT2D eigenvalue weighted by molar-refractivity contribution is -0.271. The van der Waals surface area contributed by atoms with Crippen molar-refractivity contribution in [3.63, 3.8) is 0 Å². The lowest BCUT2D eigenvalue weighted by Gasteiger charge is -2.44. The third-order valence-corrected chi connectivity index (χ3v) is 18.1. The summed E-state index contributed by atoms with van der Waals surface area (Å²) in [6.45, 7) is 8.50. The number of hydrogen-bond acceptors (Lipinski definition) is 32. The van der Waals surface area contributed by atoms with E-state index in [2.05, 4.69) is 47.9 Å². The number of nitrogens with one attached hydrogen (secondary N) is 9. The zero-order chi connectivity index (χ0) is 82.0. The van der Waals surface area contributed by atoms with Crippen LogP contribution in [0, 0.1) is 0 Å². The van der Waals surface area contributed by atoms with Gasteiger partial charge in [-0.3, -0.25) is 62.4 Å². The molecule has 111 heavy (non-hydrogen) atoms. The molecule has 3 fully saturated rings. The quantitative estimate of drug-likeness (QED) is 0.0146. The Hall–Kier alpha value is -7.79. The van der Waals surface area contributed by atoms with Gasteiger partial charge in [-0.15, -0.1) is 0 Å². The first-order valence-corrected chi connectivity index (χ1v) is 38.5. The lowest BCUT2D eigenvalue weighted by Crippen LogP contribution is -2.64. The highest BCUT2D eigenvalue weighted by atomic mass is 16.7. The van der Waals surface area contributed by atoms with Crippen LogP contribution in [0.4, 0.5) is 0 Å². The summed E-state index contributed by atoms with van der Waals surface area (Å²) >= 11 is 0. The van der Waals surface area contributed by atoms with Crippen LogP contribution in [0.25, 0.3) is 0 Å². The molecule has 16 atom stereocenters. The van der Waals surface area contributed by atoms with Gasteiger partial charge < -0.3 is 125 Å². The van der Waals surface area contributed by atoms with Gasteiger partial charge in [-0.1, -0.05) is 25.7 Å². The number of amides is 6. The highest BCUT2D eigenvalue weighted by molar-refractivity contribution is 5.86. The van der Waals surface area contributed by atoms with Crippen molar-refractivity contribution >= 4 is 90.1 Å². The second kappa shape index (κ2) is 56.4. The van der Waals surface area contributed by atoms with Gasteiger partial charge >= 0.3 is 35.8 Å². The fourth-order valence-electron chi connectivity index (χ4n) is 12.9. The van der Waals surface area contributed by atoms with E-state index >= 15 is 0 Å². The summed E-state index contributed by atoms with van der Waals surface area (Å²) < 4.78 is 68.9. The number of hydrogen-bond donors (Lipinski definition) is 10. The molecule has 0 bridgehead atoms. The maximum Gasteiger partial charge on any atom is 0.303 e. The molecular formula is C73H123N11O27. The Balaban J connectivity index is 1.54. The average Bonchev–Trinajstić information content (AvgIpc) is 0.835. The van der Waals surface area contributed by atoms with Gasteiger partial charge in [-0.25, -0.2) is 0 Å². The highest BCUT2D eigenvalue weighted by Crippen LogP contribution is 2.32. The van der Waals surface area contributed by atoms with Crippen molar-refractivity contribution in [3.8, 4) is 0 Å². The standard InChI is InChI=1S/C73H123N11O27/c1-46(88)103-64-53(28-38-85)109-71(61(75-7)67(64)106-49(4)91)100-41-18-10-13-25-56(94)78-32-21-35-81-59(97)44-84(45-60(98)82-36-22-33-79-57(95)26-14-11-19-42-101-72-62(76-8)68(107-50(5)92)65(104-47(2)89)54(110-72)29-39-86)52(24-16-17-31-74)70(99)83-37-23-34-80-58(96)27-15-12-20-43-102-73-63(77-9)69(108-51(6)93)66(105-48(3)90)55(111-73)30-40-87/h38-40,52-55,61-69,71-73,75-77H,10-37,41-45,74H2,1-9H3,(H,78,94)(H,79,95)(H,80,96)(H,81,97)(H,82,98)(H,83,99). The Bertz CT molecular complexity index is 2770. The highest BCUT2D eigenvalue weighted by Gasteiger charge is 2.52. The molecule has 0 aliphatic carbocycles. The predicted octanol–water partition coefficient (Wildman–Crippen LogP) is -1.32. The Morgan fingerprint density at radius 2 is 0.640 bits per heavy atom. The predicted molar refractivity (Wildman–Crippen MR) is 393 cm³/mol. The maximum atomic E-state index is 14.1. The molecule has 3 aliphatic heterocycles. The van der Waals surface area contributed by atoms with Crippen LogP contribution in [-0.2, 0) is 129 Å². The summed E-state index contributed by atoms with van der Waals surface area (Å²) in [6.07, 6.45) is -2.79. The largest absolute Gasteiger partial charge is 0.457 e. The number of rotatable bonds is 58. The number of esters is 6. The molecule has 6 amide bonds. The van der Waals surface area contributed by atoms with E-state index in [0.717, 1.165) is 0 Å². The van der Waals surface area contributed by atoms with Crippen LogP contribution in [0.2, 0.25) is 0 Å². The number of carbonyl (C=O) groups excluding carboxylic acids is 15. The zero-order valence-electron chi connectivity index (χ0n) is 65.9. The number of ether oxygens (including phenoxy) is 12. The van der Waals surface area contributed by atoms with Crippen molar-refractivity contribution in [2.24, 2.45) is 5.73 Å². The Kier molecular flexibility index (Phi) is 49.5. The number of nitrogens with zero attached hydrogens (tertiary/aromatic N) is 1. The number of nitrogens with two attached hydrogens (primary N) is 1. The summed E-state index contributed by atoms with van der Waals surface area (Å²) in [7, 11) is 4.80.